The van der Waals surface area contributed by atoms with Crippen molar-refractivity contribution in [3.8, 4) is 11.6 Å². The highest BCUT2D eigenvalue weighted by atomic mass is 19.1. The van der Waals surface area contributed by atoms with Crippen molar-refractivity contribution in [2.45, 2.75) is 25.9 Å². The van der Waals surface area contributed by atoms with Gasteiger partial charge in [-0.05, 0) is 24.6 Å². The molecule has 1 aromatic carbocycles. The van der Waals surface area contributed by atoms with Crippen molar-refractivity contribution in [3.05, 3.63) is 47.8 Å². The molecule has 0 bridgehead atoms. The molecule has 1 N–H and O–H groups in total. The van der Waals surface area contributed by atoms with Gasteiger partial charge in [0.2, 0.25) is 5.82 Å². The van der Waals surface area contributed by atoms with Gasteiger partial charge in [0.15, 0.2) is 0 Å². The number of nitrogens with zero attached hydrogens (tertiary/aromatic N) is 3. The van der Waals surface area contributed by atoms with Crippen LogP contribution in [0.25, 0.3) is 10.9 Å². The van der Waals surface area contributed by atoms with Crippen molar-refractivity contribution in [3.63, 3.8) is 0 Å². The van der Waals surface area contributed by atoms with Crippen LogP contribution in [0.15, 0.2) is 30.6 Å². The number of carbonyl (C=O) groups excluding carboxylic acids is 1. The first-order valence-corrected chi connectivity index (χ1v) is 9.21. The van der Waals surface area contributed by atoms with E-state index in [0.717, 1.165) is 16.7 Å². The SMILES string of the molecule is CCc1ncnc(O[C@@H]2CCN(C(=O)c3cc4ccc(OC)cc4[nH]3)C2)c1F. The average molecular weight is 384 g/mol. The van der Waals surface area contributed by atoms with Crippen LogP contribution in [-0.4, -0.2) is 52.1 Å². The molecule has 0 saturated carbocycles. The average Bonchev–Trinajstić information content (AvgIpc) is 3.35. The largest absolute Gasteiger partial charge is 0.497 e. The summed E-state index contributed by atoms with van der Waals surface area (Å²) in [5.74, 6) is 0.0307. The minimum atomic E-state index is -0.528. The molecule has 3 aromatic rings. The van der Waals surface area contributed by atoms with Gasteiger partial charge in [0.1, 0.15) is 23.9 Å². The number of hydrogen-bond donors (Lipinski definition) is 1. The van der Waals surface area contributed by atoms with Crippen LogP contribution in [0.5, 0.6) is 11.6 Å². The number of likely N-dealkylation sites (tertiary alicyclic amines) is 1. The van der Waals surface area contributed by atoms with Gasteiger partial charge in [0, 0.05) is 29.9 Å². The molecule has 1 aliphatic heterocycles. The highest BCUT2D eigenvalue weighted by Gasteiger charge is 2.30. The van der Waals surface area contributed by atoms with Crippen molar-refractivity contribution >= 4 is 16.8 Å². The molecule has 7 nitrogen and oxygen atoms in total. The minimum Gasteiger partial charge on any atom is -0.497 e. The van der Waals surface area contributed by atoms with E-state index in [9.17, 15) is 9.18 Å². The first-order chi connectivity index (χ1) is 13.6. The molecule has 0 unspecified atom stereocenters. The van der Waals surface area contributed by atoms with Crippen molar-refractivity contribution < 1.29 is 18.7 Å². The lowest BCUT2D eigenvalue weighted by molar-refractivity contribution is 0.0765. The van der Waals surface area contributed by atoms with E-state index in [1.165, 1.54) is 6.33 Å². The fraction of sp³-hybridized carbons (Fsp3) is 0.350. The van der Waals surface area contributed by atoms with E-state index in [2.05, 4.69) is 15.0 Å². The number of aromatic nitrogens is 3. The topological polar surface area (TPSA) is 80.3 Å². The quantitative estimate of drug-likeness (QED) is 0.732. The lowest BCUT2D eigenvalue weighted by atomic mass is 10.2. The van der Waals surface area contributed by atoms with Crippen LogP contribution >= 0.6 is 0 Å². The molecular weight excluding hydrogens is 363 g/mol. The van der Waals surface area contributed by atoms with Gasteiger partial charge in [0.25, 0.3) is 11.8 Å². The van der Waals surface area contributed by atoms with Gasteiger partial charge in [-0.25, -0.2) is 4.98 Å². The summed E-state index contributed by atoms with van der Waals surface area (Å²) in [7, 11) is 1.60. The molecule has 1 saturated heterocycles. The van der Waals surface area contributed by atoms with Crippen LogP contribution in [0.2, 0.25) is 0 Å². The number of hydrogen-bond acceptors (Lipinski definition) is 5. The number of ether oxygens (including phenoxy) is 2. The van der Waals surface area contributed by atoms with Crippen molar-refractivity contribution in [2.75, 3.05) is 20.2 Å². The Balaban J connectivity index is 1.46. The molecular formula is C20H21FN4O3. The molecule has 0 radical (unpaired) electrons. The number of carbonyl (C=O) groups is 1. The predicted molar refractivity (Wildman–Crippen MR) is 101 cm³/mol. The van der Waals surface area contributed by atoms with Crippen LogP contribution < -0.4 is 9.47 Å². The molecule has 8 heteroatoms. The van der Waals surface area contributed by atoms with E-state index in [-0.39, 0.29) is 17.9 Å². The number of amides is 1. The van der Waals surface area contributed by atoms with E-state index in [1.807, 2.05) is 31.2 Å². The Bertz CT molecular complexity index is 1020. The fourth-order valence-corrected chi connectivity index (χ4v) is 3.40. The van der Waals surface area contributed by atoms with Gasteiger partial charge < -0.3 is 19.4 Å². The number of aryl methyl sites for hydroxylation is 1. The van der Waals surface area contributed by atoms with Crippen LogP contribution in [0.1, 0.15) is 29.5 Å². The van der Waals surface area contributed by atoms with E-state index in [4.69, 9.17) is 9.47 Å². The van der Waals surface area contributed by atoms with Crippen LogP contribution in [0.4, 0.5) is 4.39 Å². The summed E-state index contributed by atoms with van der Waals surface area (Å²) in [6.07, 6.45) is 2.08. The molecule has 2 aromatic heterocycles. The maximum atomic E-state index is 14.3. The Morgan fingerprint density at radius 2 is 2.21 bits per heavy atom. The summed E-state index contributed by atoms with van der Waals surface area (Å²) < 4.78 is 25.2. The van der Waals surface area contributed by atoms with Crippen LogP contribution in [0.3, 0.4) is 0 Å². The number of halogens is 1. The predicted octanol–water partition coefficient (Wildman–Crippen LogP) is 2.96. The maximum Gasteiger partial charge on any atom is 0.270 e. The molecule has 4 rings (SSSR count). The van der Waals surface area contributed by atoms with Gasteiger partial charge in [-0.15, -0.1) is 0 Å². The molecule has 28 heavy (non-hydrogen) atoms. The van der Waals surface area contributed by atoms with Gasteiger partial charge >= 0.3 is 0 Å². The molecule has 0 aliphatic carbocycles. The third-order valence-corrected chi connectivity index (χ3v) is 4.94. The molecule has 3 heterocycles. The number of rotatable bonds is 5. The summed E-state index contributed by atoms with van der Waals surface area (Å²) in [6, 6.07) is 7.43. The van der Waals surface area contributed by atoms with E-state index < -0.39 is 5.82 Å². The zero-order valence-electron chi connectivity index (χ0n) is 15.7. The second kappa shape index (κ2) is 7.46. The minimum absolute atomic E-state index is 0.0520. The Kier molecular flexibility index (Phi) is 4.85. The third-order valence-electron chi connectivity index (χ3n) is 4.94. The van der Waals surface area contributed by atoms with Gasteiger partial charge in [-0.1, -0.05) is 6.92 Å². The second-order valence-corrected chi connectivity index (χ2v) is 6.71. The summed E-state index contributed by atoms with van der Waals surface area (Å²) in [4.78, 5) is 25.5. The van der Waals surface area contributed by atoms with Crippen molar-refractivity contribution in [1.82, 2.24) is 19.9 Å². The molecule has 1 fully saturated rings. The number of methoxy groups -OCH3 is 1. The lowest BCUT2D eigenvalue weighted by Gasteiger charge is -2.16. The van der Waals surface area contributed by atoms with Crippen molar-refractivity contribution in [1.29, 1.82) is 0 Å². The normalized spacial score (nSPS) is 16.5. The zero-order chi connectivity index (χ0) is 19.7. The van der Waals surface area contributed by atoms with Gasteiger partial charge in [0.05, 0.1) is 19.3 Å². The zero-order valence-corrected chi connectivity index (χ0v) is 15.7. The molecule has 1 amide bonds. The van der Waals surface area contributed by atoms with Crippen molar-refractivity contribution in [2.24, 2.45) is 0 Å². The Labute approximate surface area is 161 Å². The molecule has 1 atom stereocenters. The van der Waals surface area contributed by atoms with E-state index in [1.54, 1.807) is 12.0 Å². The van der Waals surface area contributed by atoms with E-state index in [0.29, 0.717) is 37.3 Å². The summed E-state index contributed by atoms with van der Waals surface area (Å²) in [5, 5.41) is 0.936. The van der Waals surface area contributed by atoms with E-state index >= 15 is 0 Å². The fourth-order valence-electron chi connectivity index (χ4n) is 3.40. The summed E-state index contributed by atoms with van der Waals surface area (Å²) in [6.45, 7) is 2.74. The standard InChI is InChI=1S/C20H21FN4O3/c1-3-15-18(21)19(23-11-22-15)28-14-6-7-25(10-14)20(26)17-8-12-4-5-13(27-2)9-16(12)24-17/h4-5,8-9,11,14,24H,3,6-7,10H2,1-2H3/t14-/m1/s1. The number of benzene rings is 1. The van der Waals surface area contributed by atoms with Gasteiger partial charge in [-0.3, -0.25) is 4.79 Å². The first kappa shape index (κ1) is 18.2. The van der Waals surface area contributed by atoms with Gasteiger partial charge in [-0.2, -0.15) is 9.37 Å². The number of H-pyrrole nitrogens is 1. The summed E-state index contributed by atoms with van der Waals surface area (Å²) >= 11 is 0. The molecule has 146 valence electrons. The number of fused-ring (bicyclic) bond motifs is 1. The van der Waals surface area contributed by atoms with Crippen LogP contribution in [0, 0.1) is 5.82 Å². The molecule has 0 spiro atoms. The third kappa shape index (κ3) is 3.37. The Hall–Kier alpha value is -3.16. The lowest BCUT2D eigenvalue weighted by Crippen LogP contribution is -2.31. The number of nitrogens with one attached hydrogen (secondary N) is 1. The molecule has 1 aliphatic rings. The summed E-state index contributed by atoms with van der Waals surface area (Å²) in [5.41, 5.74) is 1.67. The monoisotopic (exact) mass is 384 g/mol. The van der Waals surface area contributed by atoms with Crippen LogP contribution in [-0.2, 0) is 6.42 Å². The number of aromatic amines is 1. The first-order valence-electron chi connectivity index (χ1n) is 9.21. The highest BCUT2D eigenvalue weighted by molar-refractivity contribution is 5.98. The second-order valence-electron chi connectivity index (χ2n) is 6.71. The smallest absolute Gasteiger partial charge is 0.270 e. The Morgan fingerprint density at radius 3 is 3.00 bits per heavy atom. The Morgan fingerprint density at radius 1 is 1.36 bits per heavy atom. The maximum absolute atomic E-state index is 14.3. The highest BCUT2D eigenvalue weighted by Crippen LogP contribution is 2.24.